The number of aliphatic hydroxyl groups is 1. The lowest BCUT2D eigenvalue weighted by Crippen LogP contribution is -2.48. The first-order valence-corrected chi connectivity index (χ1v) is 13.6. The van der Waals surface area contributed by atoms with E-state index in [9.17, 15) is 20.0 Å². The largest absolute Gasteiger partial charge is 0.393 e. The minimum atomic E-state index is -1.81. The Hall–Kier alpha value is -4.50. The number of ketones is 1. The fraction of sp³-hybridized carbons (Fsp3) is 0.267. The van der Waals surface area contributed by atoms with Crippen molar-refractivity contribution in [1.82, 2.24) is 24.4 Å². The second-order valence-corrected chi connectivity index (χ2v) is 10.8. The van der Waals surface area contributed by atoms with Crippen LogP contribution in [0.25, 0.3) is 0 Å². The van der Waals surface area contributed by atoms with Gasteiger partial charge in [0, 0.05) is 41.8 Å². The summed E-state index contributed by atoms with van der Waals surface area (Å²) < 4.78 is 24.7. The van der Waals surface area contributed by atoms with Gasteiger partial charge in [-0.25, -0.2) is 19.3 Å². The van der Waals surface area contributed by atoms with Crippen molar-refractivity contribution in [3.05, 3.63) is 111 Å². The van der Waals surface area contributed by atoms with E-state index in [0.29, 0.717) is 23.4 Å². The number of fused-ring (bicyclic) bond motifs is 1. The molecule has 1 unspecified atom stereocenters. The molecule has 1 amide bonds. The number of aromatic nitrogens is 4. The molecule has 0 bridgehead atoms. The summed E-state index contributed by atoms with van der Waals surface area (Å²) in [5, 5.41) is 19.9. The maximum absolute atomic E-state index is 16.4. The summed E-state index contributed by atoms with van der Waals surface area (Å²) in [4.78, 5) is 41.4. The van der Waals surface area contributed by atoms with Crippen molar-refractivity contribution < 1.29 is 23.8 Å². The second-order valence-electron chi connectivity index (χ2n) is 10.4. The van der Waals surface area contributed by atoms with Crippen LogP contribution in [0.1, 0.15) is 68.2 Å². The molecule has 2 aliphatic rings. The van der Waals surface area contributed by atoms with Gasteiger partial charge in [0.1, 0.15) is 23.4 Å². The lowest BCUT2D eigenvalue weighted by atomic mass is 9.90. The number of nitriles is 1. The summed E-state index contributed by atoms with van der Waals surface area (Å²) >= 11 is 6.20. The number of aliphatic hydroxyl groups excluding tert-OH is 1. The Morgan fingerprint density at radius 2 is 1.95 bits per heavy atom. The first-order chi connectivity index (χ1) is 20.2. The van der Waals surface area contributed by atoms with E-state index in [2.05, 4.69) is 15.0 Å². The van der Waals surface area contributed by atoms with Gasteiger partial charge >= 0.3 is 0 Å². The topological polar surface area (TPSA) is 134 Å². The monoisotopic (exact) mass is 586 g/mol. The van der Waals surface area contributed by atoms with E-state index in [1.54, 1.807) is 35.9 Å². The zero-order chi connectivity index (χ0) is 29.6. The number of carbonyl (C=O) groups is 2. The number of imidazole rings is 1. The molecular formula is C30H24ClFN6O4. The van der Waals surface area contributed by atoms with Crippen molar-refractivity contribution in [3.8, 4) is 6.07 Å². The highest BCUT2D eigenvalue weighted by Gasteiger charge is 2.56. The molecule has 2 aromatic carbocycles. The Balaban J connectivity index is 1.55. The van der Waals surface area contributed by atoms with Crippen molar-refractivity contribution in [3.63, 3.8) is 0 Å². The summed E-state index contributed by atoms with van der Waals surface area (Å²) in [6.07, 6.45) is 5.77. The minimum Gasteiger partial charge on any atom is -0.393 e. The van der Waals surface area contributed by atoms with E-state index in [1.807, 2.05) is 6.07 Å². The third-order valence-electron chi connectivity index (χ3n) is 7.55. The summed E-state index contributed by atoms with van der Waals surface area (Å²) in [7, 11) is 1.71. The predicted molar refractivity (Wildman–Crippen MR) is 147 cm³/mol. The number of hydrogen-bond acceptors (Lipinski definition) is 8. The number of nitrogens with zero attached hydrogens (tertiary/aromatic N) is 6. The summed E-state index contributed by atoms with van der Waals surface area (Å²) in [5.41, 5.74) is -1.23. The molecule has 1 aliphatic heterocycles. The number of amides is 1. The van der Waals surface area contributed by atoms with Gasteiger partial charge in [-0.05, 0) is 43.5 Å². The quantitative estimate of drug-likeness (QED) is 0.322. The second kappa shape index (κ2) is 10.7. The van der Waals surface area contributed by atoms with Gasteiger partial charge in [-0.1, -0.05) is 23.7 Å². The number of halogens is 2. The highest BCUT2D eigenvalue weighted by molar-refractivity contribution is 6.30. The summed E-state index contributed by atoms with van der Waals surface area (Å²) in [5.74, 6) is -1.79. The van der Waals surface area contributed by atoms with Crippen molar-refractivity contribution in [2.45, 2.75) is 43.7 Å². The van der Waals surface area contributed by atoms with Crippen molar-refractivity contribution in [2.75, 3.05) is 0 Å². The van der Waals surface area contributed by atoms with Gasteiger partial charge in [-0.3, -0.25) is 14.5 Å². The number of carbonyl (C=O) groups excluding carboxylic acids is 2. The molecule has 12 heteroatoms. The molecular weight excluding hydrogens is 563 g/mol. The van der Waals surface area contributed by atoms with Crippen LogP contribution in [0.5, 0.6) is 0 Å². The summed E-state index contributed by atoms with van der Waals surface area (Å²) in [6, 6.07) is 10.9. The fourth-order valence-electron chi connectivity index (χ4n) is 5.60. The first kappa shape index (κ1) is 27.7. The average molecular weight is 587 g/mol. The van der Waals surface area contributed by atoms with E-state index in [0.717, 1.165) is 6.07 Å². The average Bonchev–Trinajstić information content (AvgIpc) is 3.67. The van der Waals surface area contributed by atoms with Crippen molar-refractivity contribution in [1.29, 1.82) is 5.26 Å². The lowest BCUT2D eigenvalue weighted by molar-refractivity contribution is -0.149. The Morgan fingerprint density at radius 1 is 1.21 bits per heavy atom. The van der Waals surface area contributed by atoms with Crippen molar-refractivity contribution >= 4 is 23.3 Å². The van der Waals surface area contributed by atoms with Gasteiger partial charge in [-0.2, -0.15) is 5.26 Å². The molecule has 0 radical (unpaired) electrons. The molecule has 0 saturated heterocycles. The molecule has 4 aromatic rings. The van der Waals surface area contributed by atoms with E-state index >= 15 is 4.39 Å². The number of hydrogen-bond donors (Lipinski definition) is 1. The molecule has 10 nitrogen and oxygen atoms in total. The fourth-order valence-corrected chi connectivity index (χ4v) is 5.73. The maximum atomic E-state index is 16.4. The Kier molecular flexibility index (Phi) is 7.06. The van der Waals surface area contributed by atoms with Gasteiger partial charge in [0.2, 0.25) is 11.5 Å². The lowest BCUT2D eigenvalue weighted by Gasteiger charge is -2.41. The Morgan fingerprint density at radius 3 is 2.57 bits per heavy atom. The van der Waals surface area contributed by atoms with Crippen LogP contribution in [0.3, 0.4) is 0 Å². The van der Waals surface area contributed by atoms with Gasteiger partial charge in [0.25, 0.3) is 5.91 Å². The molecule has 1 aliphatic carbocycles. The van der Waals surface area contributed by atoms with Crippen LogP contribution in [0.4, 0.5) is 4.39 Å². The number of benzene rings is 2. The first-order valence-electron chi connectivity index (χ1n) is 13.2. The molecule has 42 heavy (non-hydrogen) atoms. The molecule has 2 aromatic heterocycles. The van der Waals surface area contributed by atoms with Crippen LogP contribution in [0, 0.1) is 17.1 Å². The van der Waals surface area contributed by atoms with E-state index < -0.39 is 35.4 Å². The van der Waals surface area contributed by atoms with Gasteiger partial charge in [0.05, 0.1) is 41.8 Å². The predicted octanol–water partition coefficient (Wildman–Crippen LogP) is 3.89. The standard InChI is InChI=1S/C30H24ClFN6O4/c1-37-14-25(36-16-37)28(40)18-8-23-27(24(32)9-18)30(19-2-4-20(31)5-3-19,42-22-7-6-21(39)10-22)38(29(23)41)15-26-34-12-17(11-33)13-35-26/h2-5,8-9,12-14,16,21-22,39H,6-7,10,15H2,1H3/t21-,22-,30?/m0/s1. The molecule has 3 atom stereocenters. The number of ether oxygens (including phenoxy) is 1. The number of rotatable bonds is 7. The zero-order valence-electron chi connectivity index (χ0n) is 22.4. The van der Waals surface area contributed by atoms with Crippen LogP contribution in [0.15, 0.2) is 61.3 Å². The van der Waals surface area contributed by atoms with Gasteiger partial charge in [0.15, 0.2) is 0 Å². The van der Waals surface area contributed by atoms with Crippen LogP contribution >= 0.6 is 11.6 Å². The zero-order valence-corrected chi connectivity index (χ0v) is 23.1. The van der Waals surface area contributed by atoms with Crippen LogP contribution in [-0.2, 0) is 24.1 Å². The maximum Gasteiger partial charge on any atom is 0.257 e. The SMILES string of the molecule is Cn1cnc(C(=O)c2cc(F)c3c(c2)C(=O)N(Cc2ncc(C#N)cn2)C3(O[C@H]2CC[C@H](O)C2)c2ccc(Cl)cc2)c1. The van der Waals surface area contributed by atoms with Gasteiger partial charge < -0.3 is 14.4 Å². The van der Waals surface area contributed by atoms with Crippen LogP contribution in [0.2, 0.25) is 5.02 Å². The molecule has 1 saturated carbocycles. The van der Waals surface area contributed by atoms with E-state index in [1.165, 1.54) is 35.9 Å². The third kappa shape index (κ3) is 4.73. The van der Waals surface area contributed by atoms with E-state index in [-0.39, 0.29) is 46.7 Å². The molecule has 0 spiro atoms. The molecule has 1 N–H and O–H groups in total. The normalized spacial score (nSPS) is 21.4. The highest BCUT2D eigenvalue weighted by Crippen LogP contribution is 2.49. The Bertz CT molecular complexity index is 1740. The molecule has 6 rings (SSSR count). The molecule has 3 heterocycles. The summed E-state index contributed by atoms with van der Waals surface area (Å²) in [6.45, 7) is -0.208. The number of aryl methyl sites for hydroxylation is 1. The van der Waals surface area contributed by atoms with Crippen molar-refractivity contribution in [2.24, 2.45) is 7.05 Å². The molecule has 212 valence electrons. The van der Waals surface area contributed by atoms with E-state index in [4.69, 9.17) is 16.3 Å². The van der Waals surface area contributed by atoms with Gasteiger partial charge in [-0.15, -0.1) is 0 Å². The smallest absolute Gasteiger partial charge is 0.257 e. The van der Waals surface area contributed by atoms with Crippen LogP contribution < -0.4 is 0 Å². The molecule has 1 fully saturated rings. The third-order valence-corrected chi connectivity index (χ3v) is 7.80. The minimum absolute atomic E-state index is 0.0453. The Labute approximate surface area is 245 Å². The highest BCUT2D eigenvalue weighted by atomic mass is 35.5. The van der Waals surface area contributed by atoms with Crippen LogP contribution in [-0.4, -0.2) is 53.4 Å².